The van der Waals surface area contributed by atoms with Crippen LogP contribution in [0, 0.1) is 0 Å². The molecule has 3 nitrogen and oxygen atoms in total. The Bertz CT molecular complexity index is 1670. The van der Waals surface area contributed by atoms with Gasteiger partial charge < -0.3 is 4.57 Å². The molecule has 4 aromatic carbocycles. The van der Waals surface area contributed by atoms with E-state index in [1.54, 1.807) is 6.20 Å². The van der Waals surface area contributed by atoms with E-state index in [1.807, 2.05) is 97.2 Å². The van der Waals surface area contributed by atoms with Gasteiger partial charge in [-0.15, -0.1) is 0 Å². The highest BCUT2D eigenvalue weighted by atomic mass is 31.2. The summed E-state index contributed by atoms with van der Waals surface area (Å²) in [7, 11) is -3.10. The minimum absolute atomic E-state index is 0.729. The lowest BCUT2D eigenvalue weighted by Gasteiger charge is -2.22. The van der Waals surface area contributed by atoms with E-state index in [1.165, 1.54) is 0 Å². The molecule has 0 bridgehead atoms. The summed E-state index contributed by atoms with van der Waals surface area (Å²) in [5, 5.41) is 5.61. The molecule has 0 aliphatic carbocycles. The number of benzene rings is 4. The maximum atomic E-state index is 15.0. The van der Waals surface area contributed by atoms with Crippen LogP contribution in [0.3, 0.4) is 0 Å². The average Bonchev–Trinajstić information content (AvgIpc) is 2.92. The van der Waals surface area contributed by atoms with Crippen LogP contribution in [-0.4, -0.2) is 9.97 Å². The van der Waals surface area contributed by atoms with Gasteiger partial charge in [0.15, 0.2) is 12.8 Å². The lowest BCUT2D eigenvalue weighted by molar-refractivity contribution is 0.592. The summed E-state index contributed by atoms with van der Waals surface area (Å²) in [5.41, 5.74) is 2.76. The van der Waals surface area contributed by atoms with Crippen LogP contribution in [-0.2, 0) is 4.57 Å². The molecule has 0 radical (unpaired) electrons. The van der Waals surface area contributed by atoms with Crippen LogP contribution < -0.4 is 15.9 Å². The molecule has 0 fully saturated rings. The molecule has 34 heavy (non-hydrogen) atoms. The molecule has 4 heteroatoms. The predicted molar refractivity (Wildman–Crippen MR) is 142 cm³/mol. The maximum Gasteiger partial charge on any atom is 0.171 e. The number of hydrogen-bond donors (Lipinski definition) is 0. The van der Waals surface area contributed by atoms with Crippen molar-refractivity contribution in [2.45, 2.75) is 0 Å². The summed E-state index contributed by atoms with van der Waals surface area (Å²) >= 11 is 0. The quantitative estimate of drug-likeness (QED) is 0.302. The molecule has 0 aliphatic rings. The summed E-state index contributed by atoms with van der Waals surface area (Å²) in [5.74, 6) is 0. The Kier molecular flexibility index (Phi) is 5.05. The van der Waals surface area contributed by atoms with Crippen LogP contribution in [0.4, 0.5) is 0 Å². The van der Waals surface area contributed by atoms with Gasteiger partial charge in [0.2, 0.25) is 0 Å². The minimum Gasteiger partial charge on any atom is -0.309 e. The third kappa shape index (κ3) is 3.42. The van der Waals surface area contributed by atoms with E-state index in [-0.39, 0.29) is 0 Å². The van der Waals surface area contributed by atoms with Gasteiger partial charge in [0.1, 0.15) is 0 Å². The molecular formula is C30H21N2OP. The van der Waals surface area contributed by atoms with Crippen molar-refractivity contribution >= 4 is 44.9 Å². The monoisotopic (exact) mass is 456 g/mol. The SMILES string of the molecule is O=P(c1ccccc1)(c1ccc(-c2cnc3ncccc3c2)cc1)c1cccc2ccccc12. The fourth-order valence-electron chi connectivity index (χ4n) is 4.54. The molecule has 0 spiro atoms. The lowest BCUT2D eigenvalue weighted by atomic mass is 10.1. The number of hydrogen-bond acceptors (Lipinski definition) is 3. The van der Waals surface area contributed by atoms with Crippen molar-refractivity contribution < 1.29 is 4.57 Å². The van der Waals surface area contributed by atoms with Crippen molar-refractivity contribution in [2.24, 2.45) is 0 Å². The molecule has 0 N–H and O–H groups in total. The Morgan fingerprint density at radius 1 is 0.559 bits per heavy atom. The highest BCUT2D eigenvalue weighted by Crippen LogP contribution is 2.44. The van der Waals surface area contributed by atoms with Gasteiger partial charge in [-0.2, -0.15) is 0 Å². The Hall–Kier alpha value is -4.07. The second-order valence-corrected chi connectivity index (χ2v) is 11.0. The van der Waals surface area contributed by atoms with Gasteiger partial charge in [0.05, 0.1) is 0 Å². The minimum atomic E-state index is -3.10. The van der Waals surface area contributed by atoms with Gasteiger partial charge in [-0.05, 0) is 34.5 Å². The fraction of sp³-hybridized carbons (Fsp3) is 0. The number of aromatic nitrogens is 2. The zero-order chi connectivity index (χ0) is 23.0. The van der Waals surface area contributed by atoms with Crippen molar-refractivity contribution in [1.82, 2.24) is 9.97 Å². The van der Waals surface area contributed by atoms with Gasteiger partial charge in [-0.25, -0.2) is 9.97 Å². The van der Waals surface area contributed by atoms with E-state index in [0.29, 0.717) is 0 Å². The van der Waals surface area contributed by atoms with Gasteiger partial charge in [0, 0.05) is 39.3 Å². The van der Waals surface area contributed by atoms with Crippen LogP contribution in [0.25, 0.3) is 32.9 Å². The van der Waals surface area contributed by atoms with Gasteiger partial charge in [-0.3, -0.25) is 0 Å². The molecule has 0 aliphatic heterocycles. The van der Waals surface area contributed by atoms with Crippen molar-refractivity contribution in [3.63, 3.8) is 0 Å². The van der Waals surface area contributed by atoms with Crippen molar-refractivity contribution in [2.75, 3.05) is 0 Å². The third-order valence-electron chi connectivity index (χ3n) is 6.24. The summed E-state index contributed by atoms with van der Waals surface area (Å²) < 4.78 is 15.0. The summed E-state index contributed by atoms with van der Waals surface area (Å²) in [6.45, 7) is 0. The molecule has 162 valence electrons. The molecular weight excluding hydrogens is 435 g/mol. The first-order valence-electron chi connectivity index (χ1n) is 11.2. The van der Waals surface area contributed by atoms with E-state index in [2.05, 4.69) is 34.2 Å². The second-order valence-electron chi connectivity index (χ2n) is 8.26. The topological polar surface area (TPSA) is 42.9 Å². The number of fused-ring (bicyclic) bond motifs is 2. The molecule has 2 heterocycles. The van der Waals surface area contributed by atoms with Crippen LogP contribution in [0.5, 0.6) is 0 Å². The van der Waals surface area contributed by atoms with E-state index >= 15 is 4.57 Å². The van der Waals surface area contributed by atoms with E-state index < -0.39 is 7.14 Å². The zero-order valence-corrected chi connectivity index (χ0v) is 19.3. The summed E-state index contributed by atoms with van der Waals surface area (Å²) in [6, 6.07) is 38.1. The van der Waals surface area contributed by atoms with Crippen molar-refractivity contribution in [3.05, 3.63) is 128 Å². The number of pyridine rings is 2. The molecule has 2 aromatic heterocycles. The third-order valence-corrected chi connectivity index (χ3v) is 9.36. The molecule has 0 saturated carbocycles. The molecule has 0 saturated heterocycles. The normalized spacial score (nSPS) is 13.1. The highest BCUT2D eigenvalue weighted by molar-refractivity contribution is 7.85. The van der Waals surface area contributed by atoms with Crippen molar-refractivity contribution in [1.29, 1.82) is 0 Å². The maximum absolute atomic E-state index is 15.0. The van der Waals surface area contributed by atoms with Gasteiger partial charge >= 0.3 is 0 Å². The second kappa shape index (κ2) is 8.37. The molecule has 1 atom stereocenters. The van der Waals surface area contributed by atoms with E-state index in [4.69, 9.17) is 0 Å². The smallest absolute Gasteiger partial charge is 0.171 e. The first-order chi connectivity index (χ1) is 16.7. The van der Waals surface area contributed by atoms with Crippen LogP contribution >= 0.6 is 7.14 Å². The van der Waals surface area contributed by atoms with E-state index in [9.17, 15) is 0 Å². The molecule has 1 unspecified atom stereocenters. The van der Waals surface area contributed by atoms with Crippen LogP contribution in [0.2, 0.25) is 0 Å². The van der Waals surface area contributed by atoms with Crippen molar-refractivity contribution in [3.8, 4) is 11.1 Å². The molecule has 6 rings (SSSR count). The zero-order valence-electron chi connectivity index (χ0n) is 18.4. The first kappa shape index (κ1) is 20.5. The lowest BCUT2D eigenvalue weighted by Crippen LogP contribution is -2.25. The Morgan fingerprint density at radius 3 is 2.12 bits per heavy atom. The Balaban J connectivity index is 1.52. The fourth-order valence-corrected chi connectivity index (χ4v) is 7.39. The molecule has 6 aromatic rings. The Labute approximate surface area is 198 Å². The van der Waals surface area contributed by atoms with Gasteiger partial charge in [-0.1, -0.05) is 97.1 Å². The number of rotatable bonds is 4. The summed E-state index contributed by atoms with van der Waals surface area (Å²) in [4.78, 5) is 8.80. The number of nitrogens with zero attached hydrogens (tertiary/aromatic N) is 2. The van der Waals surface area contributed by atoms with Gasteiger partial charge in [0.25, 0.3) is 0 Å². The van der Waals surface area contributed by atoms with Crippen LogP contribution in [0.1, 0.15) is 0 Å². The van der Waals surface area contributed by atoms with Crippen LogP contribution in [0.15, 0.2) is 128 Å². The summed E-state index contributed by atoms with van der Waals surface area (Å²) in [6.07, 6.45) is 3.59. The predicted octanol–water partition coefficient (Wildman–Crippen LogP) is 6.09. The molecule has 0 amide bonds. The van der Waals surface area contributed by atoms with E-state index in [0.717, 1.165) is 48.8 Å². The Morgan fingerprint density at radius 2 is 1.26 bits per heavy atom. The average molecular weight is 456 g/mol. The standard InChI is InChI=1S/C30H21N2OP/c33-34(26-11-2-1-3-12-26,29-14-6-9-23-8-4-5-13-28(23)29)27-17-15-22(16-18-27)25-20-24-10-7-19-31-30(24)32-21-25/h1-21H. The largest absolute Gasteiger partial charge is 0.309 e. The highest BCUT2D eigenvalue weighted by Gasteiger charge is 2.31. The first-order valence-corrected chi connectivity index (χ1v) is 12.9.